The number of alkyl halides is 2. The molecule has 0 fully saturated rings. The minimum atomic E-state index is -2.54. The number of aromatic nitrogens is 2. The van der Waals surface area contributed by atoms with Gasteiger partial charge in [0.15, 0.2) is 5.78 Å². The Bertz CT molecular complexity index is 699. The summed E-state index contributed by atoms with van der Waals surface area (Å²) in [5.41, 5.74) is 1.17. The molecule has 0 unspecified atom stereocenters. The Kier molecular flexibility index (Phi) is 5.32. The van der Waals surface area contributed by atoms with Crippen molar-refractivity contribution < 1.29 is 18.3 Å². The molecule has 1 aromatic carbocycles. The summed E-state index contributed by atoms with van der Waals surface area (Å²) in [6, 6.07) is 4.42. The SMILES string of the molecule is COc1cc(C(=O)/C=C\c2cnn(C)c2)ccc1SC(F)F. The van der Waals surface area contributed by atoms with Crippen molar-refractivity contribution >= 4 is 23.6 Å². The Hall–Kier alpha value is -2.15. The van der Waals surface area contributed by atoms with Crippen LogP contribution < -0.4 is 4.74 Å². The Labute approximate surface area is 130 Å². The minimum absolute atomic E-state index is 0.240. The van der Waals surface area contributed by atoms with E-state index in [1.165, 1.54) is 31.4 Å². The van der Waals surface area contributed by atoms with E-state index in [-0.39, 0.29) is 11.5 Å². The van der Waals surface area contributed by atoms with Crippen LogP contribution in [0.5, 0.6) is 5.75 Å². The average molecular weight is 324 g/mol. The smallest absolute Gasteiger partial charge is 0.289 e. The molecule has 0 saturated carbocycles. The van der Waals surface area contributed by atoms with Crippen LogP contribution in [0.4, 0.5) is 8.78 Å². The molecule has 0 aliphatic heterocycles. The highest BCUT2D eigenvalue weighted by molar-refractivity contribution is 7.99. The molecule has 1 heterocycles. The molecule has 0 radical (unpaired) electrons. The maximum absolute atomic E-state index is 12.4. The number of ether oxygens (including phenoxy) is 1. The van der Waals surface area contributed by atoms with Gasteiger partial charge in [0.05, 0.1) is 18.2 Å². The first-order valence-corrected chi connectivity index (χ1v) is 7.21. The number of aryl methyl sites for hydroxylation is 1. The maximum atomic E-state index is 12.4. The summed E-state index contributed by atoms with van der Waals surface area (Å²) >= 11 is 0.384. The fourth-order valence-electron chi connectivity index (χ4n) is 1.81. The van der Waals surface area contributed by atoms with Crippen molar-refractivity contribution in [2.45, 2.75) is 10.7 Å². The second kappa shape index (κ2) is 7.22. The molecule has 0 saturated heterocycles. The van der Waals surface area contributed by atoms with E-state index in [1.807, 2.05) is 0 Å². The number of methoxy groups -OCH3 is 1. The fourth-order valence-corrected chi connectivity index (χ4v) is 2.41. The van der Waals surface area contributed by atoms with Crippen LogP contribution in [0.2, 0.25) is 0 Å². The third kappa shape index (κ3) is 4.17. The number of hydrogen-bond donors (Lipinski definition) is 0. The number of carbonyl (C=O) groups is 1. The number of carbonyl (C=O) groups excluding carboxylic acids is 1. The van der Waals surface area contributed by atoms with Gasteiger partial charge in [0, 0.05) is 24.4 Å². The van der Waals surface area contributed by atoms with E-state index >= 15 is 0 Å². The van der Waals surface area contributed by atoms with Gasteiger partial charge in [-0.05, 0) is 30.4 Å². The van der Waals surface area contributed by atoms with E-state index in [1.54, 1.807) is 30.2 Å². The van der Waals surface area contributed by atoms with Crippen LogP contribution in [0.15, 0.2) is 41.6 Å². The number of benzene rings is 1. The number of thioether (sulfide) groups is 1. The van der Waals surface area contributed by atoms with Crippen molar-refractivity contribution in [2.75, 3.05) is 7.11 Å². The number of nitrogens with zero attached hydrogens (tertiary/aromatic N) is 2. The fraction of sp³-hybridized carbons (Fsp3) is 0.200. The zero-order chi connectivity index (χ0) is 16.1. The first-order chi connectivity index (χ1) is 10.5. The monoisotopic (exact) mass is 324 g/mol. The predicted molar refractivity (Wildman–Crippen MR) is 81.4 cm³/mol. The molecule has 4 nitrogen and oxygen atoms in total. The molecule has 22 heavy (non-hydrogen) atoms. The number of allylic oxidation sites excluding steroid dienone is 1. The predicted octanol–water partition coefficient (Wildman–Crippen LogP) is 3.64. The van der Waals surface area contributed by atoms with Crippen molar-refractivity contribution in [3.05, 3.63) is 47.8 Å². The van der Waals surface area contributed by atoms with Gasteiger partial charge in [0.2, 0.25) is 0 Å². The summed E-state index contributed by atoms with van der Waals surface area (Å²) in [5.74, 6) is -2.53. The van der Waals surface area contributed by atoms with E-state index in [2.05, 4.69) is 5.10 Å². The third-order valence-electron chi connectivity index (χ3n) is 2.82. The van der Waals surface area contributed by atoms with Crippen LogP contribution in [0.3, 0.4) is 0 Å². The molecule has 116 valence electrons. The van der Waals surface area contributed by atoms with Crippen molar-refractivity contribution in [1.29, 1.82) is 0 Å². The van der Waals surface area contributed by atoms with Crippen LogP contribution >= 0.6 is 11.8 Å². The normalized spacial score (nSPS) is 11.3. The number of ketones is 1. The summed E-state index contributed by atoms with van der Waals surface area (Å²) in [5, 5.41) is 3.99. The molecule has 0 atom stereocenters. The van der Waals surface area contributed by atoms with Gasteiger partial charge in [-0.3, -0.25) is 9.48 Å². The van der Waals surface area contributed by atoms with Gasteiger partial charge in [0.25, 0.3) is 5.76 Å². The van der Waals surface area contributed by atoms with Crippen LogP contribution in [0, 0.1) is 0 Å². The van der Waals surface area contributed by atoms with E-state index in [9.17, 15) is 13.6 Å². The van der Waals surface area contributed by atoms with E-state index < -0.39 is 5.76 Å². The maximum Gasteiger partial charge on any atom is 0.289 e. The summed E-state index contributed by atoms with van der Waals surface area (Å²) in [7, 11) is 3.16. The lowest BCUT2D eigenvalue weighted by atomic mass is 10.1. The molecule has 2 rings (SSSR count). The largest absolute Gasteiger partial charge is 0.496 e. The molecule has 7 heteroatoms. The van der Waals surface area contributed by atoms with Crippen LogP contribution in [0.1, 0.15) is 15.9 Å². The first kappa shape index (κ1) is 16.2. The lowest BCUT2D eigenvalue weighted by Crippen LogP contribution is -1.97. The summed E-state index contributed by atoms with van der Waals surface area (Å²) in [6.45, 7) is 0. The molecule has 1 aromatic heterocycles. The Balaban J connectivity index is 2.17. The van der Waals surface area contributed by atoms with E-state index in [0.717, 1.165) is 5.56 Å². The zero-order valence-electron chi connectivity index (χ0n) is 12.0. The molecule has 0 bridgehead atoms. The number of rotatable bonds is 6. The molecular weight excluding hydrogens is 310 g/mol. The summed E-state index contributed by atoms with van der Waals surface area (Å²) < 4.78 is 31.5. The van der Waals surface area contributed by atoms with Gasteiger partial charge >= 0.3 is 0 Å². The summed E-state index contributed by atoms with van der Waals surface area (Å²) in [4.78, 5) is 12.4. The lowest BCUT2D eigenvalue weighted by Gasteiger charge is -2.08. The molecule has 0 N–H and O–H groups in total. The molecule has 0 aliphatic rings. The van der Waals surface area contributed by atoms with Crippen molar-refractivity contribution in [3.63, 3.8) is 0 Å². The van der Waals surface area contributed by atoms with Crippen molar-refractivity contribution in [1.82, 2.24) is 9.78 Å². The van der Waals surface area contributed by atoms with Gasteiger partial charge < -0.3 is 4.74 Å². The first-order valence-electron chi connectivity index (χ1n) is 6.33. The van der Waals surface area contributed by atoms with E-state index in [0.29, 0.717) is 22.2 Å². The quantitative estimate of drug-likeness (QED) is 0.462. The van der Waals surface area contributed by atoms with E-state index in [4.69, 9.17) is 4.74 Å². The molecule has 0 amide bonds. The lowest BCUT2D eigenvalue weighted by molar-refractivity contribution is 0.104. The van der Waals surface area contributed by atoms with Crippen LogP contribution in [-0.2, 0) is 7.05 Å². The van der Waals surface area contributed by atoms with Gasteiger partial charge in [-0.1, -0.05) is 11.8 Å². The van der Waals surface area contributed by atoms with Crippen molar-refractivity contribution in [2.24, 2.45) is 7.05 Å². The zero-order valence-corrected chi connectivity index (χ0v) is 12.8. The Morgan fingerprint density at radius 1 is 1.45 bits per heavy atom. The minimum Gasteiger partial charge on any atom is -0.496 e. The molecule has 2 aromatic rings. The van der Waals surface area contributed by atoms with Gasteiger partial charge in [-0.15, -0.1) is 0 Å². The second-order valence-corrected chi connectivity index (χ2v) is 5.42. The van der Waals surface area contributed by atoms with Crippen molar-refractivity contribution in [3.8, 4) is 5.75 Å². The highest BCUT2D eigenvalue weighted by Crippen LogP contribution is 2.34. The third-order valence-corrected chi connectivity index (χ3v) is 3.59. The highest BCUT2D eigenvalue weighted by atomic mass is 32.2. The molecule has 0 spiro atoms. The second-order valence-electron chi connectivity index (χ2n) is 4.39. The van der Waals surface area contributed by atoms with Crippen LogP contribution in [0.25, 0.3) is 6.08 Å². The van der Waals surface area contributed by atoms with Gasteiger partial charge in [-0.2, -0.15) is 13.9 Å². The Morgan fingerprint density at radius 3 is 2.82 bits per heavy atom. The van der Waals surface area contributed by atoms with Crippen LogP contribution in [-0.4, -0.2) is 28.4 Å². The molecular formula is C15H14F2N2O2S. The number of halogens is 2. The topological polar surface area (TPSA) is 44.1 Å². The standard InChI is InChI=1S/C15H14F2N2O2S/c1-19-9-10(8-18-19)3-5-12(20)11-4-6-14(22-15(16)17)13(7-11)21-2/h3-9,15H,1-2H3/b5-3-. The average Bonchev–Trinajstić information content (AvgIpc) is 2.90. The highest BCUT2D eigenvalue weighted by Gasteiger charge is 2.13. The van der Waals surface area contributed by atoms with Gasteiger partial charge in [0.1, 0.15) is 5.75 Å². The Morgan fingerprint density at radius 2 is 2.23 bits per heavy atom. The molecule has 0 aliphatic carbocycles. The number of hydrogen-bond acceptors (Lipinski definition) is 4. The summed E-state index contributed by atoms with van der Waals surface area (Å²) in [6.07, 6.45) is 6.45. The van der Waals surface area contributed by atoms with Gasteiger partial charge in [-0.25, -0.2) is 0 Å².